The average Bonchev–Trinajstić information content (AvgIpc) is 3.16. The predicted molar refractivity (Wildman–Crippen MR) is 129 cm³/mol. The number of fused-ring (bicyclic) bond motifs is 1. The summed E-state index contributed by atoms with van der Waals surface area (Å²) in [6.45, 7) is 4.34. The maximum absolute atomic E-state index is 14.7. The standard InChI is InChI=1S/C25H21F4N5O2S/c1-4-16-9-22-18(10-20(16)26)19(11-30)24(34(22)23-8-5-14(2)12-32-23)21-7-6-17(13-31-21)37(35,36)33-15(3)25(27,28)29/h5-10,12-13,15,33H,4H2,1-3H3. The largest absolute Gasteiger partial charge is 0.404 e. The van der Waals surface area contributed by atoms with E-state index in [0.29, 0.717) is 35.6 Å². The third-order valence-electron chi connectivity index (χ3n) is 5.87. The van der Waals surface area contributed by atoms with Crippen molar-refractivity contribution in [1.82, 2.24) is 19.3 Å². The molecule has 0 amide bonds. The van der Waals surface area contributed by atoms with Crippen LogP contribution in [0.5, 0.6) is 0 Å². The van der Waals surface area contributed by atoms with Gasteiger partial charge in [0.1, 0.15) is 28.6 Å². The van der Waals surface area contributed by atoms with E-state index in [1.54, 1.807) is 34.5 Å². The zero-order valence-electron chi connectivity index (χ0n) is 19.9. The van der Waals surface area contributed by atoms with Gasteiger partial charge in [-0.3, -0.25) is 9.55 Å². The van der Waals surface area contributed by atoms with Crippen LogP contribution in [0, 0.1) is 24.1 Å². The van der Waals surface area contributed by atoms with Crippen LogP contribution < -0.4 is 4.72 Å². The Morgan fingerprint density at radius 2 is 1.86 bits per heavy atom. The lowest BCUT2D eigenvalue weighted by atomic mass is 10.1. The van der Waals surface area contributed by atoms with Crippen molar-refractivity contribution < 1.29 is 26.0 Å². The molecule has 0 aliphatic heterocycles. The van der Waals surface area contributed by atoms with Crippen LogP contribution >= 0.6 is 0 Å². The fourth-order valence-electron chi connectivity index (χ4n) is 3.85. The number of nitriles is 1. The fraction of sp³-hybridized carbons (Fsp3) is 0.240. The lowest BCUT2D eigenvalue weighted by Crippen LogP contribution is -2.42. The number of sulfonamides is 1. The fourth-order valence-corrected chi connectivity index (χ4v) is 5.03. The quantitative estimate of drug-likeness (QED) is 0.345. The number of nitrogens with zero attached hydrogens (tertiary/aromatic N) is 4. The minimum atomic E-state index is -4.77. The number of alkyl halides is 3. The van der Waals surface area contributed by atoms with Crippen molar-refractivity contribution in [1.29, 1.82) is 5.26 Å². The minimum Gasteiger partial charge on any atom is -0.291 e. The van der Waals surface area contributed by atoms with Crippen LogP contribution in [0.2, 0.25) is 0 Å². The van der Waals surface area contributed by atoms with E-state index in [1.807, 2.05) is 13.0 Å². The molecule has 0 bridgehead atoms. The molecule has 0 radical (unpaired) electrons. The molecule has 4 rings (SSSR count). The van der Waals surface area contributed by atoms with Gasteiger partial charge in [0.2, 0.25) is 10.0 Å². The van der Waals surface area contributed by atoms with Crippen LogP contribution in [-0.4, -0.2) is 35.2 Å². The van der Waals surface area contributed by atoms with E-state index in [1.165, 1.54) is 12.1 Å². The van der Waals surface area contributed by atoms with Crippen LogP contribution in [0.15, 0.2) is 53.7 Å². The molecule has 1 N–H and O–H groups in total. The van der Waals surface area contributed by atoms with Gasteiger partial charge in [0, 0.05) is 17.8 Å². The lowest BCUT2D eigenvalue weighted by molar-refractivity contribution is -0.147. The monoisotopic (exact) mass is 531 g/mol. The number of hydrogen-bond acceptors (Lipinski definition) is 5. The second kappa shape index (κ2) is 9.57. The maximum atomic E-state index is 14.7. The van der Waals surface area contributed by atoms with Crippen LogP contribution in [0.4, 0.5) is 17.6 Å². The molecule has 4 aromatic rings. The smallest absolute Gasteiger partial charge is 0.291 e. The van der Waals surface area contributed by atoms with Gasteiger partial charge >= 0.3 is 6.18 Å². The molecule has 3 aromatic heterocycles. The Morgan fingerprint density at radius 1 is 1.14 bits per heavy atom. The molecule has 1 unspecified atom stereocenters. The summed E-state index contributed by atoms with van der Waals surface area (Å²) in [5.74, 6) is -0.0637. The number of aryl methyl sites for hydroxylation is 2. The zero-order valence-corrected chi connectivity index (χ0v) is 20.7. The third kappa shape index (κ3) is 4.92. The van der Waals surface area contributed by atoms with Crippen LogP contribution in [0.1, 0.15) is 30.5 Å². The van der Waals surface area contributed by atoms with Crippen molar-refractivity contribution in [3.05, 3.63) is 71.3 Å². The van der Waals surface area contributed by atoms with Crippen molar-refractivity contribution in [2.24, 2.45) is 0 Å². The molecule has 0 aliphatic rings. The normalized spacial score (nSPS) is 13.0. The summed E-state index contributed by atoms with van der Waals surface area (Å²) in [7, 11) is -4.53. The number of halogens is 4. The number of nitrogens with one attached hydrogen (secondary N) is 1. The van der Waals surface area contributed by atoms with Gasteiger partial charge in [-0.15, -0.1) is 0 Å². The summed E-state index contributed by atoms with van der Waals surface area (Å²) in [6, 6.07) is 8.57. The van der Waals surface area contributed by atoms with Crippen LogP contribution in [-0.2, 0) is 16.4 Å². The molecule has 3 heterocycles. The second-order valence-electron chi connectivity index (χ2n) is 8.44. The van der Waals surface area contributed by atoms with Crippen molar-refractivity contribution in [2.75, 3.05) is 0 Å². The summed E-state index contributed by atoms with van der Waals surface area (Å²) in [6.07, 6.45) is -1.83. The Hall–Kier alpha value is -3.82. The van der Waals surface area contributed by atoms with Gasteiger partial charge in [-0.25, -0.2) is 17.8 Å². The van der Waals surface area contributed by atoms with Crippen molar-refractivity contribution in [2.45, 2.75) is 44.3 Å². The summed E-state index contributed by atoms with van der Waals surface area (Å²) in [5, 5.41) is 10.3. The first-order valence-electron chi connectivity index (χ1n) is 11.1. The van der Waals surface area contributed by atoms with E-state index in [-0.39, 0.29) is 17.0 Å². The number of benzene rings is 1. The molecule has 1 atom stereocenters. The van der Waals surface area contributed by atoms with Gasteiger partial charge in [0.15, 0.2) is 0 Å². The van der Waals surface area contributed by atoms with E-state index in [9.17, 15) is 31.2 Å². The van der Waals surface area contributed by atoms with Gasteiger partial charge in [-0.1, -0.05) is 13.0 Å². The maximum Gasteiger partial charge on any atom is 0.404 e. The Balaban J connectivity index is 1.92. The van der Waals surface area contributed by atoms with Crippen molar-refractivity contribution in [3.8, 4) is 23.3 Å². The highest BCUT2D eigenvalue weighted by Gasteiger charge is 2.39. The Kier molecular flexibility index (Phi) is 6.79. The summed E-state index contributed by atoms with van der Waals surface area (Å²) >= 11 is 0. The molecular weight excluding hydrogens is 510 g/mol. The van der Waals surface area contributed by atoms with Gasteiger partial charge < -0.3 is 0 Å². The zero-order chi connectivity index (χ0) is 27.1. The number of hydrogen-bond donors (Lipinski definition) is 1. The highest BCUT2D eigenvalue weighted by atomic mass is 32.2. The summed E-state index contributed by atoms with van der Waals surface area (Å²) < 4.78 is 81.5. The highest BCUT2D eigenvalue weighted by molar-refractivity contribution is 7.89. The molecule has 0 saturated heterocycles. The first kappa shape index (κ1) is 26.2. The van der Waals surface area contributed by atoms with Crippen molar-refractivity contribution >= 4 is 20.9 Å². The Bertz CT molecular complexity index is 1620. The van der Waals surface area contributed by atoms with Gasteiger partial charge in [0.25, 0.3) is 0 Å². The topological polar surface area (TPSA) is 101 Å². The van der Waals surface area contributed by atoms with E-state index in [2.05, 4.69) is 16.0 Å². The first-order valence-corrected chi connectivity index (χ1v) is 12.6. The van der Waals surface area contributed by atoms with Gasteiger partial charge in [-0.2, -0.15) is 23.2 Å². The Morgan fingerprint density at radius 3 is 2.41 bits per heavy atom. The van der Waals surface area contributed by atoms with Crippen LogP contribution in [0.25, 0.3) is 28.1 Å². The first-order chi connectivity index (χ1) is 17.4. The van der Waals surface area contributed by atoms with E-state index in [4.69, 9.17) is 0 Å². The molecule has 7 nitrogen and oxygen atoms in total. The molecule has 0 saturated carbocycles. The lowest BCUT2D eigenvalue weighted by Gasteiger charge is -2.17. The van der Waals surface area contributed by atoms with E-state index in [0.717, 1.165) is 17.8 Å². The van der Waals surface area contributed by atoms with Gasteiger partial charge in [0.05, 0.1) is 22.5 Å². The highest BCUT2D eigenvalue weighted by Crippen LogP contribution is 2.36. The van der Waals surface area contributed by atoms with Crippen LogP contribution in [0.3, 0.4) is 0 Å². The number of pyridine rings is 2. The molecular formula is C25H21F4N5O2S. The second-order valence-corrected chi connectivity index (χ2v) is 10.2. The molecule has 192 valence electrons. The molecule has 37 heavy (non-hydrogen) atoms. The van der Waals surface area contributed by atoms with E-state index < -0.39 is 33.0 Å². The number of aromatic nitrogens is 3. The molecule has 0 spiro atoms. The minimum absolute atomic E-state index is 0.0888. The summed E-state index contributed by atoms with van der Waals surface area (Å²) in [5.41, 5.74) is 2.29. The molecule has 12 heteroatoms. The predicted octanol–water partition coefficient (Wildman–Crippen LogP) is 5.20. The molecule has 0 aliphatic carbocycles. The molecule has 1 aromatic carbocycles. The summed E-state index contributed by atoms with van der Waals surface area (Å²) in [4.78, 5) is 8.12. The SMILES string of the molecule is CCc1cc2c(cc1F)c(C#N)c(-c1ccc(S(=O)(=O)NC(C)C(F)(F)F)cn1)n2-c1ccc(C)cn1. The van der Waals surface area contributed by atoms with Gasteiger partial charge in [-0.05, 0) is 61.7 Å². The number of rotatable bonds is 6. The Labute approximate surface area is 210 Å². The molecule has 0 fully saturated rings. The third-order valence-corrected chi connectivity index (χ3v) is 7.39. The van der Waals surface area contributed by atoms with E-state index >= 15 is 0 Å². The average molecular weight is 532 g/mol. The van der Waals surface area contributed by atoms with Crippen molar-refractivity contribution in [3.63, 3.8) is 0 Å².